The molecule has 0 aliphatic carbocycles. The maximum absolute atomic E-state index is 4.47. The van der Waals surface area contributed by atoms with Crippen LogP contribution in [0.25, 0.3) is 0 Å². The average Bonchev–Trinajstić information content (AvgIpc) is 2.75. The molecule has 1 unspecified atom stereocenters. The van der Waals surface area contributed by atoms with Crippen molar-refractivity contribution in [2.45, 2.75) is 60.9 Å². The van der Waals surface area contributed by atoms with Crippen molar-refractivity contribution in [3.05, 3.63) is 12.2 Å². The molecule has 0 bridgehead atoms. The second-order valence-corrected chi connectivity index (χ2v) is 7.12. The van der Waals surface area contributed by atoms with E-state index in [0.717, 1.165) is 38.3 Å². The van der Waals surface area contributed by atoms with Gasteiger partial charge in [0.25, 0.3) is 0 Å². The molecule has 0 spiro atoms. The maximum atomic E-state index is 4.47. The molecule has 0 radical (unpaired) electrons. The average molecular weight is 280 g/mol. The molecule has 1 aromatic rings. The predicted octanol–water partition coefficient (Wildman–Crippen LogP) is 3.14. The molecule has 4 heteroatoms. The second-order valence-electron chi connectivity index (χ2n) is 7.12. The fraction of sp³-hybridized carbons (Fsp3) is 0.875. The predicted molar refractivity (Wildman–Crippen MR) is 84.7 cm³/mol. The number of nitrogens with one attached hydrogen (secondary N) is 1. The Balaban J connectivity index is 2.64. The molecule has 1 atom stereocenters. The van der Waals surface area contributed by atoms with Crippen molar-refractivity contribution in [1.82, 2.24) is 20.1 Å². The van der Waals surface area contributed by atoms with Gasteiger partial charge in [-0.25, -0.2) is 9.67 Å². The van der Waals surface area contributed by atoms with Crippen LogP contribution in [0.3, 0.4) is 0 Å². The molecule has 20 heavy (non-hydrogen) atoms. The molecule has 116 valence electrons. The van der Waals surface area contributed by atoms with Gasteiger partial charge in [0.1, 0.15) is 12.2 Å². The van der Waals surface area contributed by atoms with Crippen molar-refractivity contribution in [2.75, 3.05) is 13.1 Å². The highest BCUT2D eigenvalue weighted by Crippen LogP contribution is 2.25. The van der Waals surface area contributed by atoms with E-state index in [1.54, 1.807) is 6.33 Å². The molecule has 0 saturated carbocycles. The molecule has 0 saturated heterocycles. The van der Waals surface area contributed by atoms with Gasteiger partial charge in [-0.2, -0.15) is 5.10 Å². The molecule has 0 aliphatic rings. The van der Waals surface area contributed by atoms with Crippen molar-refractivity contribution in [1.29, 1.82) is 0 Å². The standard InChI is InChI=1S/C16H32N4/c1-7-16(6,11-17-9-13(2)3)8-15-18-12-19-20(15)10-14(4)5/h12-14,17H,7-11H2,1-6H3. The van der Waals surface area contributed by atoms with Crippen LogP contribution in [0.5, 0.6) is 0 Å². The topological polar surface area (TPSA) is 42.7 Å². The van der Waals surface area contributed by atoms with E-state index in [0.29, 0.717) is 11.8 Å². The lowest BCUT2D eigenvalue weighted by Crippen LogP contribution is -2.36. The Kier molecular flexibility index (Phi) is 6.66. The number of nitrogens with zero attached hydrogens (tertiary/aromatic N) is 3. The van der Waals surface area contributed by atoms with Crippen LogP contribution in [0, 0.1) is 17.3 Å². The van der Waals surface area contributed by atoms with Crippen LogP contribution in [-0.2, 0) is 13.0 Å². The van der Waals surface area contributed by atoms with E-state index in [4.69, 9.17) is 0 Å². The Hall–Kier alpha value is -0.900. The number of hydrogen-bond acceptors (Lipinski definition) is 3. The van der Waals surface area contributed by atoms with E-state index in [9.17, 15) is 0 Å². The molecule has 1 aromatic heterocycles. The van der Waals surface area contributed by atoms with E-state index in [1.165, 1.54) is 0 Å². The number of hydrogen-bond donors (Lipinski definition) is 1. The quantitative estimate of drug-likeness (QED) is 0.755. The SMILES string of the molecule is CCC(C)(CNCC(C)C)Cc1ncnn1CC(C)C. The van der Waals surface area contributed by atoms with Crippen molar-refractivity contribution < 1.29 is 0 Å². The third-order valence-corrected chi connectivity index (χ3v) is 3.78. The van der Waals surface area contributed by atoms with E-state index in [1.807, 2.05) is 0 Å². The van der Waals surface area contributed by atoms with Crippen molar-refractivity contribution in [3.63, 3.8) is 0 Å². The van der Waals surface area contributed by atoms with E-state index >= 15 is 0 Å². The summed E-state index contributed by atoms with van der Waals surface area (Å²) in [7, 11) is 0. The van der Waals surface area contributed by atoms with Gasteiger partial charge in [-0.1, -0.05) is 41.5 Å². The summed E-state index contributed by atoms with van der Waals surface area (Å²) in [6, 6.07) is 0. The van der Waals surface area contributed by atoms with Gasteiger partial charge in [-0.3, -0.25) is 0 Å². The minimum atomic E-state index is 0.247. The van der Waals surface area contributed by atoms with Gasteiger partial charge in [0.05, 0.1) is 0 Å². The largest absolute Gasteiger partial charge is 0.316 e. The van der Waals surface area contributed by atoms with Crippen LogP contribution in [-0.4, -0.2) is 27.9 Å². The molecule has 0 amide bonds. The van der Waals surface area contributed by atoms with E-state index in [-0.39, 0.29) is 5.41 Å². The van der Waals surface area contributed by atoms with Crippen molar-refractivity contribution in [2.24, 2.45) is 17.3 Å². The van der Waals surface area contributed by atoms with Gasteiger partial charge in [0, 0.05) is 19.5 Å². The monoisotopic (exact) mass is 280 g/mol. The molecule has 4 nitrogen and oxygen atoms in total. The normalized spacial score (nSPS) is 15.0. The second kappa shape index (κ2) is 7.77. The molecular weight excluding hydrogens is 248 g/mol. The van der Waals surface area contributed by atoms with Crippen LogP contribution in [0.2, 0.25) is 0 Å². The Morgan fingerprint density at radius 1 is 1.25 bits per heavy atom. The molecule has 1 heterocycles. The smallest absolute Gasteiger partial charge is 0.138 e. The lowest BCUT2D eigenvalue weighted by Gasteiger charge is -2.29. The van der Waals surface area contributed by atoms with Gasteiger partial charge in [0.2, 0.25) is 0 Å². The van der Waals surface area contributed by atoms with Gasteiger partial charge >= 0.3 is 0 Å². The van der Waals surface area contributed by atoms with Crippen molar-refractivity contribution >= 4 is 0 Å². The van der Waals surface area contributed by atoms with E-state index < -0.39 is 0 Å². The summed E-state index contributed by atoms with van der Waals surface area (Å²) < 4.78 is 2.07. The minimum absolute atomic E-state index is 0.247. The first-order chi connectivity index (χ1) is 9.36. The van der Waals surface area contributed by atoms with Crippen LogP contribution >= 0.6 is 0 Å². The summed E-state index contributed by atoms with van der Waals surface area (Å²) in [5.41, 5.74) is 0.247. The third kappa shape index (κ3) is 5.61. The van der Waals surface area contributed by atoms with Crippen LogP contribution in [0.1, 0.15) is 53.8 Å². The van der Waals surface area contributed by atoms with Gasteiger partial charge in [-0.05, 0) is 30.2 Å². The number of rotatable bonds is 9. The summed E-state index contributed by atoms with van der Waals surface area (Å²) in [5.74, 6) is 2.41. The zero-order valence-corrected chi connectivity index (χ0v) is 14.1. The van der Waals surface area contributed by atoms with Crippen LogP contribution in [0.4, 0.5) is 0 Å². The maximum Gasteiger partial charge on any atom is 0.138 e. The highest BCUT2D eigenvalue weighted by Gasteiger charge is 2.25. The molecule has 0 fully saturated rings. The zero-order chi connectivity index (χ0) is 15.2. The Morgan fingerprint density at radius 3 is 2.50 bits per heavy atom. The highest BCUT2D eigenvalue weighted by atomic mass is 15.3. The lowest BCUT2D eigenvalue weighted by molar-refractivity contribution is 0.272. The first kappa shape index (κ1) is 17.2. The van der Waals surface area contributed by atoms with Gasteiger partial charge < -0.3 is 5.32 Å². The fourth-order valence-electron chi connectivity index (χ4n) is 2.28. The Labute approximate surface area is 124 Å². The van der Waals surface area contributed by atoms with Gasteiger partial charge in [0.15, 0.2) is 0 Å². The van der Waals surface area contributed by atoms with Crippen LogP contribution in [0.15, 0.2) is 6.33 Å². The Morgan fingerprint density at radius 2 is 1.95 bits per heavy atom. The fourth-order valence-corrected chi connectivity index (χ4v) is 2.28. The molecule has 1 N–H and O–H groups in total. The van der Waals surface area contributed by atoms with Crippen molar-refractivity contribution in [3.8, 4) is 0 Å². The number of aromatic nitrogens is 3. The van der Waals surface area contributed by atoms with E-state index in [2.05, 4.69) is 61.6 Å². The summed E-state index contributed by atoms with van der Waals surface area (Å²) in [5, 5.41) is 7.96. The molecule has 1 rings (SSSR count). The Bertz CT molecular complexity index is 384. The highest BCUT2D eigenvalue weighted by molar-refractivity contribution is 4.93. The van der Waals surface area contributed by atoms with Gasteiger partial charge in [-0.15, -0.1) is 0 Å². The summed E-state index contributed by atoms with van der Waals surface area (Å²) in [4.78, 5) is 4.47. The third-order valence-electron chi connectivity index (χ3n) is 3.78. The summed E-state index contributed by atoms with van der Waals surface area (Å²) in [6.45, 7) is 16.6. The first-order valence-corrected chi connectivity index (χ1v) is 7.93. The molecule has 0 aliphatic heterocycles. The lowest BCUT2D eigenvalue weighted by atomic mass is 9.83. The summed E-state index contributed by atoms with van der Waals surface area (Å²) >= 11 is 0. The first-order valence-electron chi connectivity index (χ1n) is 7.93. The molecular formula is C16H32N4. The van der Waals surface area contributed by atoms with Crippen LogP contribution < -0.4 is 5.32 Å². The summed E-state index contributed by atoms with van der Waals surface area (Å²) in [6.07, 6.45) is 3.82. The molecule has 0 aromatic carbocycles. The minimum Gasteiger partial charge on any atom is -0.316 e. The zero-order valence-electron chi connectivity index (χ0n) is 14.1.